The molecule has 23 heavy (non-hydrogen) atoms. The quantitative estimate of drug-likeness (QED) is 0.596. The van der Waals surface area contributed by atoms with Gasteiger partial charge in [0.2, 0.25) is 0 Å². The number of fused-ring (bicyclic) bond motifs is 2. The maximum Gasteiger partial charge on any atom is 0.251 e. The number of aromatic amines is 1. The van der Waals surface area contributed by atoms with Gasteiger partial charge in [0.1, 0.15) is 0 Å². The van der Waals surface area contributed by atoms with Gasteiger partial charge in [-0.05, 0) is 30.7 Å². The highest BCUT2D eigenvalue weighted by molar-refractivity contribution is 6.09. The predicted octanol–water partition coefficient (Wildman–Crippen LogP) is 3.19. The number of carbonyl (C=O) groups is 1. The maximum absolute atomic E-state index is 11.7. The molecule has 0 aliphatic carbocycles. The lowest BCUT2D eigenvalue weighted by molar-refractivity contribution is 0.100. The zero-order valence-corrected chi connectivity index (χ0v) is 12.5. The van der Waals surface area contributed by atoms with Gasteiger partial charge in [-0.15, -0.1) is 0 Å². The Labute approximate surface area is 132 Å². The van der Waals surface area contributed by atoms with E-state index in [-0.39, 0.29) is 0 Å². The van der Waals surface area contributed by atoms with Gasteiger partial charge in [-0.1, -0.05) is 18.2 Å². The minimum atomic E-state index is -0.458. The summed E-state index contributed by atoms with van der Waals surface area (Å²) in [4.78, 5) is 23.6. The molecule has 4 rings (SSSR count). The first-order valence-electron chi connectivity index (χ1n) is 7.27. The first-order chi connectivity index (χ1) is 11.1. The number of nitrogens with one attached hydrogen (secondary N) is 1. The smallest absolute Gasteiger partial charge is 0.251 e. The average molecular weight is 302 g/mol. The van der Waals surface area contributed by atoms with Crippen LogP contribution in [-0.4, -0.2) is 20.9 Å². The first-order valence-corrected chi connectivity index (χ1v) is 7.27. The van der Waals surface area contributed by atoms with Crippen LogP contribution in [0.5, 0.6) is 0 Å². The number of nitrogens with two attached hydrogens (primary N) is 1. The van der Waals surface area contributed by atoms with Crippen molar-refractivity contribution in [1.82, 2.24) is 15.0 Å². The Balaban J connectivity index is 2.03. The molecule has 1 amide bonds. The largest absolute Gasteiger partial charge is 0.366 e. The summed E-state index contributed by atoms with van der Waals surface area (Å²) >= 11 is 0. The van der Waals surface area contributed by atoms with Crippen LogP contribution >= 0.6 is 0 Å². The number of aryl methyl sites for hydroxylation is 1. The summed E-state index contributed by atoms with van der Waals surface area (Å²) in [5, 5.41) is 1.06. The molecular weight excluding hydrogens is 288 g/mol. The van der Waals surface area contributed by atoms with Crippen LogP contribution in [0.25, 0.3) is 33.1 Å². The molecule has 112 valence electrons. The monoisotopic (exact) mass is 302 g/mol. The predicted molar refractivity (Wildman–Crippen MR) is 90.1 cm³/mol. The summed E-state index contributed by atoms with van der Waals surface area (Å²) in [7, 11) is 0. The number of H-pyrrole nitrogens is 1. The van der Waals surface area contributed by atoms with Crippen molar-refractivity contribution in [3.8, 4) is 11.1 Å². The SMILES string of the molecule is Cc1cc(-c2cnc3ccccc3c2)c2nc[nH]c2c1C(N)=O. The third-order valence-corrected chi connectivity index (χ3v) is 4.05. The number of hydrogen-bond donors (Lipinski definition) is 2. The van der Waals surface area contributed by atoms with E-state index in [1.54, 1.807) is 6.33 Å². The number of imidazole rings is 1. The molecule has 0 aliphatic heterocycles. The van der Waals surface area contributed by atoms with Gasteiger partial charge in [0.05, 0.1) is 28.4 Å². The lowest BCUT2D eigenvalue weighted by Crippen LogP contribution is -2.13. The molecular formula is C18H14N4O. The molecule has 0 fully saturated rings. The fourth-order valence-corrected chi connectivity index (χ4v) is 3.00. The second-order valence-corrected chi connectivity index (χ2v) is 5.52. The van der Waals surface area contributed by atoms with Gasteiger partial charge in [-0.25, -0.2) is 4.98 Å². The first kappa shape index (κ1) is 13.5. The number of rotatable bonds is 2. The number of primary amides is 1. The van der Waals surface area contributed by atoms with E-state index >= 15 is 0 Å². The fourth-order valence-electron chi connectivity index (χ4n) is 3.00. The van der Waals surface area contributed by atoms with Crippen molar-refractivity contribution in [2.45, 2.75) is 6.92 Å². The molecule has 5 nitrogen and oxygen atoms in total. The van der Waals surface area contributed by atoms with E-state index in [4.69, 9.17) is 5.73 Å². The number of benzene rings is 2. The van der Waals surface area contributed by atoms with E-state index in [0.29, 0.717) is 11.1 Å². The Kier molecular flexibility index (Phi) is 2.87. The van der Waals surface area contributed by atoms with Crippen LogP contribution in [0.2, 0.25) is 0 Å². The van der Waals surface area contributed by atoms with Crippen LogP contribution in [-0.2, 0) is 0 Å². The number of aromatic nitrogens is 3. The minimum absolute atomic E-state index is 0.458. The third-order valence-electron chi connectivity index (χ3n) is 4.05. The molecule has 4 aromatic rings. The van der Waals surface area contributed by atoms with E-state index in [1.165, 1.54) is 0 Å². The number of amides is 1. The molecule has 2 aromatic carbocycles. The molecule has 0 unspecified atom stereocenters. The molecule has 0 radical (unpaired) electrons. The molecule has 0 bridgehead atoms. The normalized spacial score (nSPS) is 11.2. The molecule has 2 heterocycles. The summed E-state index contributed by atoms with van der Waals surface area (Å²) in [6.07, 6.45) is 3.41. The number of carbonyl (C=O) groups excluding carboxylic acids is 1. The zero-order chi connectivity index (χ0) is 16.0. The van der Waals surface area contributed by atoms with E-state index in [2.05, 4.69) is 21.0 Å². The summed E-state index contributed by atoms with van der Waals surface area (Å²) < 4.78 is 0. The topological polar surface area (TPSA) is 84.7 Å². The van der Waals surface area contributed by atoms with Crippen LogP contribution in [0.4, 0.5) is 0 Å². The van der Waals surface area contributed by atoms with Gasteiger partial charge in [0.15, 0.2) is 0 Å². The molecule has 0 spiro atoms. The molecule has 3 N–H and O–H groups in total. The molecule has 5 heteroatoms. The van der Waals surface area contributed by atoms with Crippen LogP contribution < -0.4 is 5.73 Å². The minimum Gasteiger partial charge on any atom is -0.366 e. The fraction of sp³-hybridized carbons (Fsp3) is 0.0556. The van der Waals surface area contributed by atoms with Crippen LogP contribution in [0.3, 0.4) is 0 Å². The van der Waals surface area contributed by atoms with Crippen molar-refractivity contribution >= 4 is 27.8 Å². The number of hydrogen-bond acceptors (Lipinski definition) is 3. The van der Waals surface area contributed by atoms with Crippen molar-refractivity contribution in [2.24, 2.45) is 5.73 Å². The highest BCUT2D eigenvalue weighted by Crippen LogP contribution is 2.32. The van der Waals surface area contributed by atoms with Gasteiger partial charge in [0.25, 0.3) is 5.91 Å². The van der Waals surface area contributed by atoms with E-state index in [1.807, 2.05) is 43.5 Å². The second kappa shape index (κ2) is 4.91. The summed E-state index contributed by atoms with van der Waals surface area (Å²) in [6, 6.07) is 12.0. The van der Waals surface area contributed by atoms with Crippen molar-refractivity contribution in [3.05, 3.63) is 60.0 Å². The number of para-hydroxylation sites is 1. The van der Waals surface area contributed by atoms with Crippen molar-refractivity contribution in [1.29, 1.82) is 0 Å². The maximum atomic E-state index is 11.7. The number of pyridine rings is 1. The van der Waals surface area contributed by atoms with Gasteiger partial charge in [0, 0.05) is 22.7 Å². The Morgan fingerprint density at radius 2 is 2.00 bits per heavy atom. The van der Waals surface area contributed by atoms with Gasteiger partial charge in [-0.2, -0.15) is 0 Å². The highest BCUT2D eigenvalue weighted by Gasteiger charge is 2.17. The van der Waals surface area contributed by atoms with Crippen LogP contribution in [0.15, 0.2) is 48.9 Å². The summed E-state index contributed by atoms with van der Waals surface area (Å²) in [5.41, 5.74) is 11.0. The van der Waals surface area contributed by atoms with Crippen molar-refractivity contribution in [3.63, 3.8) is 0 Å². The Morgan fingerprint density at radius 3 is 2.83 bits per heavy atom. The van der Waals surface area contributed by atoms with Crippen LogP contribution in [0.1, 0.15) is 15.9 Å². The molecule has 2 aromatic heterocycles. The molecule has 0 atom stereocenters. The van der Waals surface area contributed by atoms with E-state index < -0.39 is 5.91 Å². The molecule has 0 saturated carbocycles. The Bertz CT molecular complexity index is 1070. The van der Waals surface area contributed by atoms with E-state index in [0.717, 1.165) is 33.1 Å². The summed E-state index contributed by atoms with van der Waals surface area (Å²) in [5.74, 6) is -0.458. The lowest BCUT2D eigenvalue weighted by atomic mass is 9.97. The third kappa shape index (κ3) is 2.05. The Hall–Kier alpha value is -3.21. The average Bonchev–Trinajstić information content (AvgIpc) is 3.02. The van der Waals surface area contributed by atoms with Gasteiger partial charge in [-0.3, -0.25) is 9.78 Å². The molecule has 0 aliphatic rings. The lowest BCUT2D eigenvalue weighted by Gasteiger charge is -2.09. The zero-order valence-electron chi connectivity index (χ0n) is 12.5. The Morgan fingerprint density at radius 1 is 1.17 bits per heavy atom. The highest BCUT2D eigenvalue weighted by atomic mass is 16.1. The van der Waals surface area contributed by atoms with Gasteiger partial charge < -0.3 is 10.7 Å². The standard InChI is InChI=1S/C18H14N4O/c1-10-6-13(16-17(22-9-21-16)15(10)18(19)23)12-7-11-4-2-3-5-14(11)20-8-12/h2-9H,1H3,(H2,19,23)(H,21,22). The van der Waals surface area contributed by atoms with Crippen molar-refractivity contribution < 1.29 is 4.79 Å². The summed E-state index contributed by atoms with van der Waals surface area (Å²) in [6.45, 7) is 1.87. The van der Waals surface area contributed by atoms with Crippen LogP contribution in [0, 0.1) is 6.92 Å². The second-order valence-electron chi connectivity index (χ2n) is 5.52. The van der Waals surface area contributed by atoms with E-state index in [9.17, 15) is 4.79 Å². The van der Waals surface area contributed by atoms with Crippen molar-refractivity contribution in [2.75, 3.05) is 0 Å². The molecule has 0 saturated heterocycles. The number of nitrogens with zero attached hydrogens (tertiary/aromatic N) is 2. The van der Waals surface area contributed by atoms with Gasteiger partial charge >= 0.3 is 0 Å².